The van der Waals surface area contributed by atoms with E-state index in [-0.39, 0.29) is 11.7 Å². The summed E-state index contributed by atoms with van der Waals surface area (Å²) in [4.78, 5) is 29.0. The molecule has 0 saturated carbocycles. The summed E-state index contributed by atoms with van der Waals surface area (Å²) >= 11 is 1.31. The molecule has 0 unspecified atom stereocenters. The number of rotatable bonds is 4. The number of nitrogens with two attached hydrogens (primary N) is 1. The Bertz CT molecular complexity index is 953. The molecule has 6 nitrogen and oxygen atoms in total. The fraction of sp³-hybridized carbons (Fsp3) is 0.278. The van der Waals surface area contributed by atoms with E-state index in [0.717, 1.165) is 42.0 Å². The molecular formula is C18H18N4O2S. The van der Waals surface area contributed by atoms with Gasteiger partial charge in [-0.15, -0.1) is 11.3 Å². The largest absolute Gasteiger partial charge is 0.365 e. The maximum atomic E-state index is 12.8. The van der Waals surface area contributed by atoms with Gasteiger partial charge in [-0.1, -0.05) is 0 Å². The Labute approximate surface area is 148 Å². The second-order valence-electron chi connectivity index (χ2n) is 6.21. The highest BCUT2D eigenvalue weighted by atomic mass is 32.1. The summed E-state index contributed by atoms with van der Waals surface area (Å²) in [5.74, 6) is -0.166. The molecule has 1 aromatic carbocycles. The number of hydrogen-bond acceptors (Lipinski definition) is 5. The second kappa shape index (κ2) is 6.42. The first kappa shape index (κ1) is 16.0. The van der Waals surface area contributed by atoms with E-state index in [9.17, 15) is 9.59 Å². The van der Waals surface area contributed by atoms with E-state index < -0.39 is 5.91 Å². The number of Topliss-reactive ketones (excluding diaryl/α,β-unsaturated/α-hetero) is 1. The fourth-order valence-electron chi connectivity index (χ4n) is 3.25. The number of thiophene rings is 1. The molecule has 1 amide bonds. The van der Waals surface area contributed by atoms with Gasteiger partial charge in [0.15, 0.2) is 5.78 Å². The van der Waals surface area contributed by atoms with Gasteiger partial charge < -0.3 is 11.1 Å². The quantitative estimate of drug-likeness (QED) is 0.704. The molecule has 1 aliphatic rings. The maximum Gasteiger partial charge on any atom is 0.258 e. The number of hydrogen-bond donors (Lipinski definition) is 2. The van der Waals surface area contributed by atoms with E-state index in [4.69, 9.17) is 5.73 Å². The summed E-state index contributed by atoms with van der Waals surface area (Å²) < 4.78 is 1.89. The number of ketones is 1. The Morgan fingerprint density at radius 1 is 1.20 bits per heavy atom. The number of benzene rings is 1. The van der Waals surface area contributed by atoms with Gasteiger partial charge in [-0.2, -0.15) is 0 Å². The molecule has 1 saturated heterocycles. The van der Waals surface area contributed by atoms with Crippen molar-refractivity contribution in [3.8, 4) is 5.00 Å². The average Bonchev–Trinajstić information content (AvgIpc) is 3.28. The molecule has 2 aromatic heterocycles. The van der Waals surface area contributed by atoms with Crippen LogP contribution in [0.1, 0.15) is 32.9 Å². The lowest BCUT2D eigenvalue weighted by Gasteiger charge is -2.21. The third kappa shape index (κ3) is 2.96. The predicted molar refractivity (Wildman–Crippen MR) is 97.4 cm³/mol. The van der Waals surface area contributed by atoms with Gasteiger partial charge in [0.05, 0.1) is 15.9 Å². The van der Waals surface area contributed by atoms with Crippen molar-refractivity contribution in [2.75, 3.05) is 13.1 Å². The number of fused-ring (bicyclic) bond motifs is 1. The summed E-state index contributed by atoms with van der Waals surface area (Å²) in [5, 5.41) is 4.14. The van der Waals surface area contributed by atoms with Crippen molar-refractivity contribution < 1.29 is 9.59 Å². The first-order valence-corrected chi connectivity index (χ1v) is 9.07. The van der Waals surface area contributed by atoms with E-state index in [1.165, 1.54) is 11.3 Å². The number of carbonyl (C=O) groups is 2. The molecule has 0 bridgehead atoms. The Morgan fingerprint density at radius 2 is 2.00 bits per heavy atom. The number of primary amides is 1. The van der Waals surface area contributed by atoms with Crippen molar-refractivity contribution in [1.82, 2.24) is 14.9 Å². The monoisotopic (exact) mass is 354 g/mol. The van der Waals surface area contributed by atoms with Crippen molar-refractivity contribution in [1.29, 1.82) is 0 Å². The van der Waals surface area contributed by atoms with Gasteiger partial charge in [-0.3, -0.25) is 14.2 Å². The smallest absolute Gasteiger partial charge is 0.258 e. The van der Waals surface area contributed by atoms with Crippen molar-refractivity contribution in [3.05, 3.63) is 47.1 Å². The lowest BCUT2D eigenvalue weighted by Crippen LogP contribution is -2.31. The van der Waals surface area contributed by atoms with Crippen LogP contribution in [-0.2, 0) is 0 Å². The molecule has 3 aromatic rings. The minimum atomic E-state index is -0.442. The number of piperidine rings is 1. The number of nitrogens with one attached hydrogen (secondary N) is 1. The van der Waals surface area contributed by atoms with Gasteiger partial charge in [0.25, 0.3) is 5.91 Å². The molecule has 1 aliphatic heterocycles. The summed E-state index contributed by atoms with van der Waals surface area (Å²) in [7, 11) is 0. The van der Waals surface area contributed by atoms with Crippen LogP contribution in [0.2, 0.25) is 0 Å². The Morgan fingerprint density at radius 3 is 2.72 bits per heavy atom. The van der Waals surface area contributed by atoms with E-state index in [2.05, 4.69) is 10.3 Å². The van der Waals surface area contributed by atoms with Crippen LogP contribution >= 0.6 is 11.3 Å². The Kier molecular flexibility index (Phi) is 4.10. The maximum absolute atomic E-state index is 12.8. The predicted octanol–water partition coefficient (Wildman–Crippen LogP) is 2.37. The first-order chi connectivity index (χ1) is 12.1. The van der Waals surface area contributed by atoms with Crippen molar-refractivity contribution >= 4 is 34.1 Å². The molecule has 4 rings (SSSR count). The summed E-state index contributed by atoms with van der Waals surface area (Å²) in [5.41, 5.74) is 7.73. The Hall–Kier alpha value is -2.51. The molecule has 0 spiro atoms. The number of aromatic nitrogens is 2. The molecule has 3 heterocycles. The topological polar surface area (TPSA) is 90.0 Å². The zero-order valence-corrected chi connectivity index (χ0v) is 14.4. The average molecular weight is 354 g/mol. The molecule has 3 N–H and O–H groups in total. The molecule has 25 heavy (non-hydrogen) atoms. The highest BCUT2D eigenvalue weighted by molar-refractivity contribution is 7.16. The number of amides is 1. The molecule has 1 fully saturated rings. The third-order valence-corrected chi connectivity index (χ3v) is 5.71. The number of nitrogens with zero attached hydrogens (tertiary/aromatic N) is 2. The van der Waals surface area contributed by atoms with Crippen LogP contribution in [0.3, 0.4) is 0 Å². The van der Waals surface area contributed by atoms with Crippen molar-refractivity contribution in [3.63, 3.8) is 0 Å². The van der Waals surface area contributed by atoms with Gasteiger partial charge in [0, 0.05) is 11.5 Å². The van der Waals surface area contributed by atoms with Gasteiger partial charge >= 0.3 is 0 Å². The highest BCUT2D eigenvalue weighted by Crippen LogP contribution is 2.27. The van der Waals surface area contributed by atoms with Crippen molar-refractivity contribution in [2.24, 2.45) is 11.7 Å². The molecule has 0 radical (unpaired) electrons. The zero-order valence-electron chi connectivity index (χ0n) is 13.6. The summed E-state index contributed by atoms with van der Waals surface area (Å²) in [6, 6.07) is 9.18. The highest BCUT2D eigenvalue weighted by Gasteiger charge is 2.23. The molecule has 0 aliphatic carbocycles. The normalized spacial score (nSPS) is 15.5. The SMILES string of the molecule is NC(=O)c1ccc(-n2cnc3ccc(C(=O)C4CCNCC4)cc32)s1. The van der Waals surface area contributed by atoms with Crippen molar-refractivity contribution in [2.45, 2.75) is 12.8 Å². The van der Waals surface area contributed by atoms with Crippen LogP contribution in [0.5, 0.6) is 0 Å². The molecular weight excluding hydrogens is 336 g/mol. The lowest BCUT2D eigenvalue weighted by molar-refractivity contribution is 0.0894. The van der Waals surface area contributed by atoms with Gasteiger partial charge in [-0.05, 0) is 56.3 Å². The van der Waals surface area contributed by atoms with Crippen LogP contribution < -0.4 is 11.1 Å². The first-order valence-electron chi connectivity index (χ1n) is 8.25. The number of carbonyl (C=O) groups excluding carboxylic acids is 2. The van der Waals surface area contributed by atoms with Gasteiger partial charge in [-0.25, -0.2) is 4.98 Å². The van der Waals surface area contributed by atoms with E-state index in [0.29, 0.717) is 10.4 Å². The summed E-state index contributed by atoms with van der Waals surface area (Å²) in [6.07, 6.45) is 3.46. The summed E-state index contributed by atoms with van der Waals surface area (Å²) in [6.45, 7) is 1.78. The molecule has 7 heteroatoms. The van der Waals surface area contributed by atoms with Crippen LogP contribution in [0.25, 0.3) is 16.0 Å². The second-order valence-corrected chi connectivity index (χ2v) is 7.27. The van der Waals surface area contributed by atoms with Gasteiger partial charge in [0.2, 0.25) is 0 Å². The standard InChI is InChI=1S/C18H18N4O2S/c19-18(24)15-3-4-16(25-15)22-10-21-13-2-1-12(9-14(13)22)17(23)11-5-7-20-8-6-11/h1-4,9-11,20H,5-8H2,(H2,19,24). The van der Waals surface area contributed by atoms with Crippen LogP contribution in [0.15, 0.2) is 36.7 Å². The van der Waals surface area contributed by atoms with Gasteiger partial charge in [0.1, 0.15) is 11.3 Å². The lowest BCUT2D eigenvalue weighted by atomic mass is 9.89. The zero-order chi connectivity index (χ0) is 17.4. The number of imidazole rings is 1. The Balaban J connectivity index is 1.71. The molecule has 0 atom stereocenters. The fourth-order valence-corrected chi connectivity index (χ4v) is 4.09. The van der Waals surface area contributed by atoms with E-state index >= 15 is 0 Å². The minimum absolute atomic E-state index is 0.0817. The van der Waals surface area contributed by atoms with E-state index in [1.54, 1.807) is 12.4 Å². The van der Waals surface area contributed by atoms with Crippen LogP contribution in [-0.4, -0.2) is 34.3 Å². The third-order valence-electron chi connectivity index (χ3n) is 4.61. The minimum Gasteiger partial charge on any atom is -0.365 e. The van der Waals surface area contributed by atoms with E-state index in [1.807, 2.05) is 28.8 Å². The van der Waals surface area contributed by atoms with Crippen LogP contribution in [0, 0.1) is 5.92 Å². The van der Waals surface area contributed by atoms with Crippen LogP contribution in [0.4, 0.5) is 0 Å². The molecule has 128 valence electrons.